The molecular formula is C13H22N2O. The Morgan fingerprint density at radius 3 is 2.69 bits per heavy atom. The molecule has 0 N–H and O–H groups in total. The van der Waals surface area contributed by atoms with E-state index in [9.17, 15) is 4.79 Å². The zero-order chi connectivity index (χ0) is 12.1. The quantitative estimate of drug-likeness (QED) is 0.693. The molecule has 0 fully saturated rings. The van der Waals surface area contributed by atoms with Crippen LogP contribution in [0.4, 0.5) is 0 Å². The number of ketones is 1. The number of rotatable bonds is 6. The van der Waals surface area contributed by atoms with Crippen molar-refractivity contribution in [1.29, 1.82) is 0 Å². The molecule has 0 bridgehead atoms. The van der Waals surface area contributed by atoms with Crippen LogP contribution in [0.25, 0.3) is 0 Å². The van der Waals surface area contributed by atoms with Gasteiger partial charge >= 0.3 is 0 Å². The summed E-state index contributed by atoms with van der Waals surface area (Å²) in [6.07, 6.45) is 3.71. The molecule has 0 saturated heterocycles. The van der Waals surface area contributed by atoms with Crippen molar-refractivity contribution in [2.24, 2.45) is 11.8 Å². The van der Waals surface area contributed by atoms with E-state index in [2.05, 4.69) is 25.9 Å². The number of carbonyl (C=O) groups excluding carboxylic acids is 1. The Balaban J connectivity index is 2.79. The van der Waals surface area contributed by atoms with Gasteiger partial charge in [0.05, 0.1) is 0 Å². The van der Waals surface area contributed by atoms with Crippen molar-refractivity contribution in [3.05, 3.63) is 18.0 Å². The molecule has 0 radical (unpaired) electrons. The van der Waals surface area contributed by atoms with E-state index in [1.54, 1.807) is 6.20 Å². The summed E-state index contributed by atoms with van der Waals surface area (Å²) >= 11 is 0. The third kappa shape index (κ3) is 3.19. The monoisotopic (exact) mass is 222 g/mol. The molecule has 90 valence electrons. The van der Waals surface area contributed by atoms with E-state index in [1.807, 2.05) is 17.7 Å². The minimum absolute atomic E-state index is 0.104. The normalized spacial score (nSPS) is 13.1. The zero-order valence-corrected chi connectivity index (χ0v) is 10.7. The molecular weight excluding hydrogens is 200 g/mol. The van der Waals surface area contributed by atoms with Gasteiger partial charge in [-0.25, -0.2) is 0 Å². The maximum atomic E-state index is 12.1. The van der Waals surface area contributed by atoms with Gasteiger partial charge in [-0.3, -0.25) is 9.48 Å². The van der Waals surface area contributed by atoms with Crippen molar-refractivity contribution in [2.75, 3.05) is 0 Å². The lowest BCUT2D eigenvalue weighted by Gasteiger charge is -2.12. The molecule has 0 aromatic carbocycles. The second kappa shape index (κ2) is 5.83. The Kier molecular flexibility index (Phi) is 4.71. The minimum Gasteiger partial charge on any atom is -0.292 e. The minimum atomic E-state index is 0.104. The Labute approximate surface area is 97.8 Å². The standard InChI is InChI=1S/C13H22N2O/c1-5-6-11(4)13(16)12-7-8-14-15(12)9-10(2)3/h7-8,10-11H,5-6,9H2,1-4H3. The fourth-order valence-electron chi connectivity index (χ4n) is 1.85. The first-order chi connectivity index (χ1) is 7.56. The molecule has 16 heavy (non-hydrogen) atoms. The van der Waals surface area contributed by atoms with Gasteiger partial charge in [0, 0.05) is 18.7 Å². The van der Waals surface area contributed by atoms with E-state index in [0.29, 0.717) is 5.92 Å². The van der Waals surface area contributed by atoms with Crippen LogP contribution < -0.4 is 0 Å². The number of carbonyl (C=O) groups is 1. The maximum absolute atomic E-state index is 12.1. The van der Waals surface area contributed by atoms with Gasteiger partial charge in [-0.05, 0) is 18.4 Å². The molecule has 0 aliphatic carbocycles. The summed E-state index contributed by atoms with van der Waals surface area (Å²) in [6, 6.07) is 1.83. The predicted octanol–water partition coefficient (Wildman–Crippen LogP) is 3.16. The van der Waals surface area contributed by atoms with Crippen molar-refractivity contribution in [1.82, 2.24) is 9.78 Å². The van der Waals surface area contributed by atoms with E-state index < -0.39 is 0 Å². The van der Waals surface area contributed by atoms with Crippen LogP contribution in [0.5, 0.6) is 0 Å². The molecule has 1 aromatic rings. The molecule has 0 aliphatic heterocycles. The molecule has 3 heteroatoms. The molecule has 1 aromatic heterocycles. The highest BCUT2D eigenvalue weighted by Gasteiger charge is 2.18. The van der Waals surface area contributed by atoms with Gasteiger partial charge in [0.25, 0.3) is 0 Å². The number of Topliss-reactive ketones (excluding diaryl/α,β-unsaturated/α-hetero) is 1. The summed E-state index contributed by atoms with van der Waals surface area (Å²) in [5.41, 5.74) is 0.759. The third-order valence-electron chi connectivity index (χ3n) is 2.68. The lowest BCUT2D eigenvalue weighted by atomic mass is 9.98. The van der Waals surface area contributed by atoms with Crippen molar-refractivity contribution >= 4 is 5.78 Å². The third-order valence-corrected chi connectivity index (χ3v) is 2.68. The van der Waals surface area contributed by atoms with Crippen molar-refractivity contribution < 1.29 is 4.79 Å². The van der Waals surface area contributed by atoms with Crippen LogP contribution >= 0.6 is 0 Å². The van der Waals surface area contributed by atoms with E-state index in [1.165, 1.54) is 0 Å². The average molecular weight is 222 g/mol. The van der Waals surface area contributed by atoms with Crippen LogP contribution in [0.3, 0.4) is 0 Å². The Bertz CT molecular complexity index is 341. The summed E-state index contributed by atoms with van der Waals surface area (Å²) in [5.74, 6) is 0.834. The highest BCUT2D eigenvalue weighted by Crippen LogP contribution is 2.14. The molecule has 0 spiro atoms. The van der Waals surface area contributed by atoms with Crippen molar-refractivity contribution in [2.45, 2.75) is 47.1 Å². The van der Waals surface area contributed by atoms with Crippen LogP contribution in [0, 0.1) is 11.8 Å². The molecule has 1 unspecified atom stereocenters. The molecule has 1 rings (SSSR count). The van der Waals surface area contributed by atoms with E-state index in [4.69, 9.17) is 0 Å². The first-order valence-corrected chi connectivity index (χ1v) is 6.12. The topological polar surface area (TPSA) is 34.9 Å². The van der Waals surface area contributed by atoms with Gasteiger partial charge in [0.2, 0.25) is 0 Å². The first kappa shape index (κ1) is 12.9. The molecule has 3 nitrogen and oxygen atoms in total. The summed E-state index contributed by atoms with van der Waals surface area (Å²) in [5, 5.41) is 4.22. The average Bonchev–Trinajstić information content (AvgIpc) is 2.64. The van der Waals surface area contributed by atoms with Crippen LogP contribution in [-0.4, -0.2) is 15.6 Å². The molecule has 1 atom stereocenters. The highest BCUT2D eigenvalue weighted by atomic mass is 16.1. The van der Waals surface area contributed by atoms with Crippen LogP contribution in [0.15, 0.2) is 12.3 Å². The lowest BCUT2D eigenvalue weighted by Crippen LogP contribution is -2.18. The fraction of sp³-hybridized carbons (Fsp3) is 0.692. The van der Waals surface area contributed by atoms with Crippen molar-refractivity contribution in [3.8, 4) is 0 Å². The van der Waals surface area contributed by atoms with Gasteiger partial charge in [-0.1, -0.05) is 34.1 Å². The number of nitrogens with zero attached hydrogens (tertiary/aromatic N) is 2. The SMILES string of the molecule is CCCC(C)C(=O)c1ccnn1CC(C)C. The summed E-state index contributed by atoms with van der Waals surface area (Å²) in [7, 11) is 0. The van der Waals surface area contributed by atoms with Gasteiger partial charge in [-0.15, -0.1) is 0 Å². The smallest absolute Gasteiger partial charge is 0.183 e. The van der Waals surface area contributed by atoms with Crippen LogP contribution in [0.2, 0.25) is 0 Å². The molecule has 0 amide bonds. The number of aromatic nitrogens is 2. The molecule has 1 heterocycles. The van der Waals surface area contributed by atoms with Crippen molar-refractivity contribution in [3.63, 3.8) is 0 Å². The summed E-state index contributed by atoms with van der Waals surface area (Å²) < 4.78 is 1.83. The first-order valence-electron chi connectivity index (χ1n) is 6.12. The fourth-order valence-corrected chi connectivity index (χ4v) is 1.85. The van der Waals surface area contributed by atoms with Gasteiger partial charge < -0.3 is 0 Å². The maximum Gasteiger partial charge on any atom is 0.183 e. The second-order valence-corrected chi connectivity index (χ2v) is 4.85. The Morgan fingerprint density at radius 1 is 1.44 bits per heavy atom. The summed E-state index contributed by atoms with van der Waals surface area (Å²) in [6.45, 7) is 9.18. The van der Waals surface area contributed by atoms with E-state index >= 15 is 0 Å². The van der Waals surface area contributed by atoms with E-state index in [0.717, 1.165) is 25.1 Å². The van der Waals surface area contributed by atoms with Gasteiger partial charge in [-0.2, -0.15) is 5.10 Å². The van der Waals surface area contributed by atoms with Gasteiger partial charge in [0.1, 0.15) is 5.69 Å². The number of hydrogen-bond donors (Lipinski definition) is 0. The summed E-state index contributed by atoms with van der Waals surface area (Å²) in [4.78, 5) is 12.1. The Hall–Kier alpha value is -1.12. The molecule has 0 saturated carbocycles. The second-order valence-electron chi connectivity index (χ2n) is 4.85. The number of hydrogen-bond acceptors (Lipinski definition) is 2. The van der Waals surface area contributed by atoms with Crippen LogP contribution in [0.1, 0.15) is 51.0 Å². The predicted molar refractivity (Wildman–Crippen MR) is 65.5 cm³/mol. The highest BCUT2D eigenvalue weighted by molar-refractivity contribution is 5.96. The van der Waals surface area contributed by atoms with Gasteiger partial charge in [0.15, 0.2) is 5.78 Å². The zero-order valence-electron chi connectivity index (χ0n) is 10.7. The van der Waals surface area contributed by atoms with Crippen LogP contribution in [-0.2, 0) is 6.54 Å². The van der Waals surface area contributed by atoms with E-state index in [-0.39, 0.29) is 11.7 Å². The Morgan fingerprint density at radius 2 is 2.12 bits per heavy atom. The lowest BCUT2D eigenvalue weighted by molar-refractivity contribution is 0.0911. The largest absolute Gasteiger partial charge is 0.292 e. The molecule has 0 aliphatic rings.